The van der Waals surface area contributed by atoms with Crippen molar-refractivity contribution in [2.45, 2.75) is 13.8 Å². The van der Waals surface area contributed by atoms with Crippen molar-refractivity contribution >= 4 is 11.5 Å². The van der Waals surface area contributed by atoms with Crippen molar-refractivity contribution in [3.63, 3.8) is 0 Å². The van der Waals surface area contributed by atoms with Crippen LogP contribution in [-0.4, -0.2) is 25.7 Å². The molecule has 0 N–H and O–H groups in total. The first kappa shape index (κ1) is 11.9. The lowest BCUT2D eigenvalue weighted by molar-refractivity contribution is -0.384. The third kappa shape index (κ3) is 1.97. The topological polar surface area (TPSA) is 90.9 Å². The van der Waals surface area contributed by atoms with Crippen LogP contribution in [0.5, 0.6) is 0 Å². The Labute approximate surface area is 102 Å². The summed E-state index contributed by atoms with van der Waals surface area (Å²) in [5.74, 6) is -0.157. The Hall–Kier alpha value is -2.57. The molecule has 0 saturated heterocycles. The quantitative estimate of drug-likeness (QED) is 0.467. The molecule has 0 aliphatic heterocycles. The number of aryl methyl sites for hydroxylation is 1. The number of nitro benzene ring substituents is 1. The summed E-state index contributed by atoms with van der Waals surface area (Å²) in [4.78, 5) is 21.5. The van der Waals surface area contributed by atoms with Crippen LogP contribution in [0.2, 0.25) is 0 Å². The summed E-state index contributed by atoms with van der Waals surface area (Å²) in [7, 11) is 0. The van der Waals surface area contributed by atoms with Gasteiger partial charge in [-0.05, 0) is 19.1 Å². The van der Waals surface area contributed by atoms with Gasteiger partial charge in [0.2, 0.25) is 0 Å². The van der Waals surface area contributed by atoms with Crippen LogP contribution in [0.3, 0.4) is 0 Å². The van der Waals surface area contributed by atoms with E-state index in [0.29, 0.717) is 17.1 Å². The van der Waals surface area contributed by atoms with Crippen molar-refractivity contribution in [3.8, 4) is 5.69 Å². The van der Waals surface area contributed by atoms with E-state index in [2.05, 4.69) is 10.3 Å². The average molecular weight is 246 g/mol. The zero-order chi connectivity index (χ0) is 13.3. The zero-order valence-corrected chi connectivity index (χ0v) is 9.82. The molecule has 2 aromatic rings. The van der Waals surface area contributed by atoms with Crippen LogP contribution >= 0.6 is 0 Å². The number of benzene rings is 1. The molecule has 0 aliphatic rings. The molecule has 1 aromatic heterocycles. The fourth-order valence-corrected chi connectivity index (χ4v) is 1.66. The Kier molecular flexibility index (Phi) is 2.88. The maximum atomic E-state index is 11.5. The first-order chi connectivity index (χ1) is 8.50. The summed E-state index contributed by atoms with van der Waals surface area (Å²) in [6.45, 7) is 3.11. The number of rotatable bonds is 3. The summed E-state index contributed by atoms with van der Waals surface area (Å²) in [6, 6.07) is 5.77. The van der Waals surface area contributed by atoms with Gasteiger partial charge in [-0.1, -0.05) is 5.21 Å². The SMILES string of the molecule is CC(=O)c1c(C)nnn1-c1ccc([N+](=O)[O-])cc1. The van der Waals surface area contributed by atoms with Crippen LogP contribution in [0.1, 0.15) is 23.1 Å². The van der Waals surface area contributed by atoms with E-state index in [1.165, 1.54) is 35.9 Å². The van der Waals surface area contributed by atoms with Gasteiger partial charge in [0.25, 0.3) is 5.69 Å². The summed E-state index contributed by atoms with van der Waals surface area (Å²) in [5.41, 5.74) is 1.45. The Morgan fingerprint density at radius 3 is 2.44 bits per heavy atom. The molecule has 0 fully saturated rings. The standard InChI is InChI=1S/C11H10N4O3/c1-7-11(8(2)16)14(13-12-7)9-3-5-10(6-4-9)15(17)18/h3-6H,1-2H3. The van der Waals surface area contributed by atoms with E-state index in [1.54, 1.807) is 6.92 Å². The number of nitro groups is 1. The molecule has 2 rings (SSSR count). The van der Waals surface area contributed by atoms with Crippen molar-refractivity contribution in [3.05, 3.63) is 45.8 Å². The second-order valence-electron chi connectivity index (χ2n) is 3.76. The highest BCUT2D eigenvalue weighted by Crippen LogP contribution is 2.17. The van der Waals surface area contributed by atoms with Gasteiger partial charge < -0.3 is 0 Å². The summed E-state index contributed by atoms with van der Waals surface area (Å²) in [5, 5.41) is 18.2. The van der Waals surface area contributed by atoms with Crippen molar-refractivity contribution in [1.29, 1.82) is 0 Å². The largest absolute Gasteiger partial charge is 0.293 e. The van der Waals surface area contributed by atoms with Gasteiger partial charge in [-0.2, -0.15) is 0 Å². The first-order valence-corrected chi connectivity index (χ1v) is 5.19. The lowest BCUT2D eigenvalue weighted by atomic mass is 10.2. The smallest absolute Gasteiger partial charge is 0.269 e. The Morgan fingerprint density at radius 1 is 1.33 bits per heavy atom. The number of aromatic nitrogens is 3. The van der Waals surface area contributed by atoms with E-state index < -0.39 is 4.92 Å². The molecule has 18 heavy (non-hydrogen) atoms. The number of hydrogen-bond acceptors (Lipinski definition) is 5. The second-order valence-corrected chi connectivity index (χ2v) is 3.76. The van der Waals surface area contributed by atoms with Crippen LogP contribution in [-0.2, 0) is 0 Å². The zero-order valence-electron chi connectivity index (χ0n) is 9.82. The third-order valence-corrected chi connectivity index (χ3v) is 2.48. The molecular weight excluding hydrogens is 236 g/mol. The predicted octanol–water partition coefficient (Wildman–Crippen LogP) is 1.69. The third-order valence-electron chi connectivity index (χ3n) is 2.48. The van der Waals surface area contributed by atoms with Gasteiger partial charge in [0.05, 0.1) is 16.3 Å². The number of nitrogens with zero attached hydrogens (tertiary/aromatic N) is 4. The van der Waals surface area contributed by atoms with Gasteiger partial charge in [-0.15, -0.1) is 5.10 Å². The van der Waals surface area contributed by atoms with E-state index in [4.69, 9.17) is 0 Å². The number of hydrogen-bond donors (Lipinski definition) is 0. The molecule has 0 aliphatic carbocycles. The van der Waals surface area contributed by atoms with Gasteiger partial charge in [0.15, 0.2) is 5.78 Å². The molecule has 7 nitrogen and oxygen atoms in total. The monoisotopic (exact) mass is 246 g/mol. The summed E-state index contributed by atoms with van der Waals surface area (Å²) < 4.78 is 1.38. The van der Waals surface area contributed by atoms with Crippen LogP contribution in [0.25, 0.3) is 5.69 Å². The minimum Gasteiger partial charge on any atom is -0.293 e. The summed E-state index contributed by atoms with van der Waals surface area (Å²) in [6.07, 6.45) is 0. The lowest BCUT2D eigenvalue weighted by Crippen LogP contribution is -2.07. The molecule has 0 spiro atoms. The van der Waals surface area contributed by atoms with E-state index in [9.17, 15) is 14.9 Å². The van der Waals surface area contributed by atoms with E-state index >= 15 is 0 Å². The second kappa shape index (κ2) is 4.36. The number of carbonyl (C=O) groups is 1. The number of non-ortho nitro benzene ring substituents is 1. The molecule has 92 valence electrons. The fourth-order valence-electron chi connectivity index (χ4n) is 1.66. The molecule has 1 aromatic carbocycles. The van der Waals surface area contributed by atoms with Crippen molar-refractivity contribution in [2.75, 3.05) is 0 Å². The number of carbonyl (C=O) groups excluding carboxylic acids is 1. The van der Waals surface area contributed by atoms with Crippen molar-refractivity contribution in [2.24, 2.45) is 0 Å². The first-order valence-electron chi connectivity index (χ1n) is 5.19. The van der Waals surface area contributed by atoms with Gasteiger partial charge in [-0.3, -0.25) is 14.9 Å². The molecule has 0 unspecified atom stereocenters. The number of Topliss-reactive ketones (excluding diaryl/α,β-unsaturated/α-hetero) is 1. The minimum absolute atomic E-state index is 0.0139. The minimum atomic E-state index is -0.484. The van der Waals surface area contributed by atoms with E-state index in [-0.39, 0.29) is 11.5 Å². The molecule has 0 amide bonds. The molecule has 7 heteroatoms. The highest BCUT2D eigenvalue weighted by molar-refractivity contribution is 5.93. The molecule has 0 saturated carbocycles. The molecule has 0 atom stereocenters. The van der Waals surface area contributed by atoms with E-state index in [0.717, 1.165) is 0 Å². The van der Waals surface area contributed by atoms with Gasteiger partial charge in [0.1, 0.15) is 5.69 Å². The molecule has 1 heterocycles. The van der Waals surface area contributed by atoms with Crippen LogP contribution < -0.4 is 0 Å². The maximum absolute atomic E-state index is 11.5. The Morgan fingerprint density at radius 2 is 1.94 bits per heavy atom. The van der Waals surface area contributed by atoms with Crippen molar-refractivity contribution < 1.29 is 9.72 Å². The molecular formula is C11H10N4O3. The highest BCUT2D eigenvalue weighted by atomic mass is 16.6. The van der Waals surface area contributed by atoms with Crippen LogP contribution in [0.4, 0.5) is 5.69 Å². The lowest BCUT2D eigenvalue weighted by Gasteiger charge is -2.03. The molecule has 0 bridgehead atoms. The Balaban J connectivity index is 2.49. The highest BCUT2D eigenvalue weighted by Gasteiger charge is 2.15. The number of ketones is 1. The van der Waals surface area contributed by atoms with Crippen LogP contribution in [0, 0.1) is 17.0 Å². The van der Waals surface area contributed by atoms with Gasteiger partial charge in [-0.25, -0.2) is 4.68 Å². The van der Waals surface area contributed by atoms with Gasteiger partial charge >= 0.3 is 0 Å². The molecule has 0 radical (unpaired) electrons. The average Bonchev–Trinajstić information content (AvgIpc) is 2.71. The van der Waals surface area contributed by atoms with Crippen molar-refractivity contribution in [1.82, 2.24) is 15.0 Å². The fraction of sp³-hybridized carbons (Fsp3) is 0.182. The van der Waals surface area contributed by atoms with Gasteiger partial charge in [0, 0.05) is 19.1 Å². The summed E-state index contributed by atoms with van der Waals surface area (Å²) >= 11 is 0. The van der Waals surface area contributed by atoms with E-state index in [1.807, 2.05) is 0 Å². The maximum Gasteiger partial charge on any atom is 0.269 e. The predicted molar refractivity (Wildman–Crippen MR) is 62.8 cm³/mol. The van der Waals surface area contributed by atoms with Crippen LogP contribution in [0.15, 0.2) is 24.3 Å². The normalized spacial score (nSPS) is 10.3. The Bertz CT molecular complexity index is 616.